The van der Waals surface area contributed by atoms with E-state index < -0.39 is 17.8 Å². The second-order valence-corrected chi connectivity index (χ2v) is 9.83. The standard InChI is InChI=1S/C27H30FNO4S/c1-4-5-14-31-24-21-16-20(29-17-18-8-10-19(28)11-9-18)12-13-22(21)33-27(2,3)25(24)32-26(30)23-7-6-15-34-23/h6-13,15-16,24-25,29H,4-5,14,17H2,1-3H3. The molecule has 0 fully saturated rings. The van der Waals surface area contributed by atoms with Crippen LogP contribution in [0, 0.1) is 5.82 Å². The van der Waals surface area contributed by atoms with Crippen molar-refractivity contribution in [3.8, 4) is 5.75 Å². The van der Waals surface area contributed by atoms with Crippen LogP contribution in [0.2, 0.25) is 0 Å². The molecule has 0 saturated carbocycles. The maximum absolute atomic E-state index is 13.2. The first-order chi connectivity index (χ1) is 16.4. The minimum atomic E-state index is -0.778. The Hall–Kier alpha value is -2.90. The van der Waals surface area contributed by atoms with Gasteiger partial charge in [0.2, 0.25) is 0 Å². The summed E-state index contributed by atoms with van der Waals surface area (Å²) in [6.07, 6.45) is 0.806. The van der Waals surface area contributed by atoms with Crippen molar-refractivity contribution in [2.45, 2.75) is 58.0 Å². The largest absolute Gasteiger partial charge is 0.483 e. The van der Waals surface area contributed by atoms with E-state index in [-0.39, 0.29) is 11.8 Å². The molecule has 7 heteroatoms. The van der Waals surface area contributed by atoms with Crippen molar-refractivity contribution in [3.05, 3.63) is 81.8 Å². The van der Waals surface area contributed by atoms with Crippen LogP contribution in [0.3, 0.4) is 0 Å². The quantitative estimate of drug-likeness (QED) is 0.269. The summed E-state index contributed by atoms with van der Waals surface area (Å²) in [5.74, 6) is 0.0737. The second-order valence-electron chi connectivity index (χ2n) is 8.89. The summed E-state index contributed by atoms with van der Waals surface area (Å²) in [7, 11) is 0. The van der Waals surface area contributed by atoms with E-state index in [9.17, 15) is 9.18 Å². The molecule has 2 atom stereocenters. The van der Waals surface area contributed by atoms with Crippen LogP contribution < -0.4 is 10.1 Å². The van der Waals surface area contributed by atoms with E-state index in [1.54, 1.807) is 18.2 Å². The minimum Gasteiger partial charge on any atom is -0.483 e. The number of ether oxygens (including phenoxy) is 3. The van der Waals surface area contributed by atoms with E-state index >= 15 is 0 Å². The molecule has 2 aromatic carbocycles. The lowest BCUT2D eigenvalue weighted by Gasteiger charge is -2.43. The fourth-order valence-electron chi connectivity index (χ4n) is 3.95. The third-order valence-corrected chi connectivity index (χ3v) is 6.66. The van der Waals surface area contributed by atoms with Crippen LogP contribution in [-0.2, 0) is 16.0 Å². The number of hydrogen-bond acceptors (Lipinski definition) is 6. The maximum Gasteiger partial charge on any atom is 0.348 e. The lowest BCUT2D eigenvalue weighted by atomic mass is 9.87. The third-order valence-electron chi connectivity index (χ3n) is 5.81. The molecule has 5 nitrogen and oxygen atoms in total. The van der Waals surface area contributed by atoms with E-state index in [4.69, 9.17) is 14.2 Å². The van der Waals surface area contributed by atoms with E-state index in [2.05, 4.69) is 12.2 Å². The highest BCUT2D eigenvalue weighted by atomic mass is 32.1. The number of nitrogens with one attached hydrogen (secondary N) is 1. The SMILES string of the molecule is CCCCOC1c2cc(NCc3ccc(F)cc3)ccc2OC(C)(C)C1OC(=O)c1cccs1. The zero-order chi connectivity index (χ0) is 24.1. The second kappa shape index (κ2) is 10.6. The normalized spacial score (nSPS) is 18.6. The number of hydrogen-bond donors (Lipinski definition) is 1. The Labute approximate surface area is 203 Å². The van der Waals surface area contributed by atoms with Crippen LogP contribution in [0.1, 0.15) is 60.5 Å². The Morgan fingerprint density at radius 1 is 1.18 bits per heavy atom. The molecule has 0 amide bonds. The Morgan fingerprint density at radius 3 is 2.68 bits per heavy atom. The molecular formula is C27H30FNO4S. The van der Waals surface area contributed by atoms with E-state index in [1.807, 2.05) is 43.5 Å². The maximum atomic E-state index is 13.2. The van der Waals surface area contributed by atoms with Gasteiger partial charge in [-0.3, -0.25) is 0 Å². The average Bonchev–Trinajstić information content (AvgIpc) is 3.36. The highest BCUT2D eigenvalue weighted by Gasteiger charge is 2.47. The fraction of sp³-hybridized carbons (Fsp3) is 0.370. The zero-order valence-electron chi connectivity index (χ0n) is 19.7. The average molecular weight is 484 g/mol. The molecule has 1 N–H and O–H groups in total. The van der Waals surface area contributed by atoms with Crippen LogP contribution >= 0.6 is 11.3 Å². The van der Waals surface area contributed by atoms with Gasteiger partial charge in [0, 0.05) is 24.4 Å². The number of rotatable bonds is 9. The van der Waals surface area contributed by atoms with Gasteiger partial charge < -0.3 is 19.5 Å². The summed E-state index contributed by atoms with van der Waals surface area (Å²) < 4.78 is 31.8. The monoisotopic (exact) mass is 483 g/mol. The molecule has 34 heavy (non-hydrogen) atoms. The van der Waals surface area contributed by atoms with Gasteiger partial charge in [0.1, 0.15) is 28.1 Å². The predicted octanol–water partition coefficient (Wildman–Crippen LogP) is 6.75. The van der Waals surface area contributed by atoms with Crippen LogP contribution in [0.15, 0.2) is 60.0 Å². The topological polar surface area (TPSA) is 56.8 Å². The highest BCUT2D eigenvalue weighted by Crippen LogP contribution is 2.44. The van der Waals surface area contributed by atoms with Crippen molar-refractivity contribution in [1.29, 1.82) is 0 Å². The number of esters is 1. The highest BCUT2D eigenvalue weighted by molar-refractivity contribution is 7.11. The molecular weight excluding hydrogens is 453 g/mol. The van der Waals surface area contributed by atoms with Crippen molar-refractivity contribution in [2.24, 2.45) is 0 Å². The van der Waals surface area contributed by atoms with Crippen LogP contribution in [0.4, 0.5) is 10.1 Å². The van der Waals surface area contributed by atoms with E-state index in [0.29, 0.717) is 23.8 Å². The Bertz CT molecular complexity index is 1100. The summed E-state index contributed by atoms with van der Waals surface area (Å²) in [5, 5.41) is 5.23. The molecule has 0 saturated heterocycles. The number of halogens is 1. The number of anilines is 1. The van der Waals surface area contributed by atoms with Gasteiger partial charge in [-0.2, -0.15) is 0 Å². The van der Waals surface area contributed by atoms with Gasteiger partial charge in [0.15, 0.2) is 6.10 Å². The van der Waals surface area contributed by atoms with E-state index in [1.165, 1.54) is 23.5 Å². The Kier molecular flexibility index (Phi) is 7.54. The van der Waals surface area contributed by atoms with Crippen molar-refractivity contribution in [3.63, 3.8) is 0 Å². The molecule has 180 valence electrons. The lowest BCUT2D eigenvalue weighted by Crippen LogP contribution is -2.51. The Balaban J connectivity index is 1.60. The van der Waals surface area contributed by atoms with Gasteiger partial charge in [0.05, 0.1) is 0 Å². The van der Waals surface area contributed by atoms with Gasteiger partial charge >= 0.3 is 5.97 Å². The minimum absolute atomic E-state index is 0.257. The third kappa shape index (κ3) is 5.59. The van der Waals surface area contributed by atoms with Gasteiger partial charge in [0.25, 0.3) is 0 Å². The first kappa shape index (κ1) is 24.2. The molecule has 1 aliphatic heterocycles. The number of unbranched alkanes of at least 4 members (excludes halogenated alkanes) is 1. The number of carbonyl (C=O) groups excluding carboxylic acids is 1. The molecule has 3 aromatic rings. The smallest absolute Gasteiger partial charge is 0.348 e. The van der Waals surface area contributed by atoms with Crippen molar-refractivity contribution in [1.82, 2.24) is 0 Å². The summed E-state index contributed by atoms with van der Waals surface area (Å²) >= 11 is 1.35. The number of benzene rings is 2. The number of carbonyl (C=O) groups is 1. The summed E-state index contributed by atoms with van der Waals surface area (Å²) in [5.41, 5.74) is 1.90. The van der Waals surface area contributed by atoms with Crippen molar-refractivity contribution >= 4 is 23.0 Å². The summed E-state index contributed by atoms with van der Waals surface area (Å²) in [4.78, 5) is 13.4. The van der Waals surface area contributed by atoms with Crippen LogP contribution in [0.5, 0.6) is 5.75 Å². The molecule has 0 spiro atoms. The molecule has 0 bridgehead atoms. The Morgan fingerprint density at radius 2 is 1.97 bits per heavy atom. The van der Waals surface area contributed by atoms with Crippen molar-refractivity contribution < 1.29 is 23.4 Å². The predicted molar refractivity (Wildman–Crippen MR) is 132 cm³/mol. The first-order valence-corrected chi connectivity index (χ1v) is 12.4. The van der Waals surface area contributed by atoms with Gasteiger partial charge in [-0.05, 0) is 67.6 Å². The molecule has 1 aliphatic rings. The number of fused-ring (bicyclic) bond motifs is 1. The fourth-order valence-corrected chi connectivity index (χ4v) is 4.56. The van der Waals surface area contributed by atoms with Crippen LogP contribution in [0.25, 0.3) is 0 Å². The van der Waals surface area contributed by atoms with Gasteiger partial charge in [-0.15, -0.1) is 11.3 Å². The molecule has 1 aromatic heterocycles. The lowest BCUT2D eigenvalue weighted by molar-refractivity contribution is -0.139. The molecule has 2 heterocycles. The number of thiophene rings is 1. The molecule has 0 aliphatic carbocycles. The molecule has 2 unspecified atom stereocenters. The molecule has 0 radical (unpaired) electrons. The van der Waals surface area contributed by atoms with Gasteiger partial charge in [-0.25, -0.2) is 9.18 Å². The molecule has 4 rings (SSSR count). The first-order valence-electron chi connectivity index (χ1n) is 11.5. The van der Waals surface area contributed by atoms with Crippen LogP contribution in [-0.4, -0.2) is 24.3 Å². The zero-order valence-corrected chi connectivity index (χ0v) is 20.5. The van der Waals surface area contributed by atoms with Crippen molar-refractivity contribution in [2.75, 3.05) is 11.9 Å². The summed E-state index contributed by atoms with van der Waals surface area (Å²) in [6, 6.07) is 15.8. The van der Waals surface area contributed by atoms with E-state index in [0.717, 1.165) is 29.7 Å². The summed E-state index contributed by atoms with van der Waals surface area (Å²) in [6.45, 7) is 7.04. The van der Waals surface area contributed by atoms with Gasteiger partial charge in [-0.1, -0.05) is 31.5 Å².